The van der Waals surface area contributed by atoms with Crippen molar-refractivity contribution in [2.75, 3.05) is 70.2 Å². The Kier molecular flexibility index (Phi) is 6.50. The molecule has 0 radical (unpaired) electrons. The SMILES string of the molecule is CN(C)c1cncc(NC[C@H]2CN(CC3CCN(CC4CC4)CC3)C(=O)CO2)n1. The summed E-state index contributed by atoms with van der Waals surface area (Å²) >= 11 is 0. The van der Waals surface area contributed by atoms with E-state index >= 15 is 0 Å². The van der Waals surface area contributed by atoms with Gasteiger partial charge in [-0.25, -0.2) is 4.98 Å². The summed E-state index contributed by atoms with van der Waals surface area (Å²) in [7, 11) is 3.88. The zero-order valence-corrected chi connectivity index (χ0v) is 17.7. The van der Waals surface area contributed by atoms with Crippen LogP contribution in [0.3, 0.4) is 0 Å². The van der Waals surface area contributed by atoms with Gasteiger partial charge in [-0.2, -0.15) is 0 Å². The van der Waals surface area contributed by atoms with Gasteiger partial charge in [-0.15, -0.1) is 0 Å². The second-order valence-corrected chi connectivity index (χ2v) is 8.96. The summed E-state index contributed by atoms with van der Waals surface area (Å²) < 4.78 is 5.76. The van der Waals surface area contributed by atoms with Crippen molar-refractivity contribution < 1.29 is 9.53 Å². The number of ether oxygens (including phenoxy) is 1. The van der Waals surface area contributed by atoms with Crippen LogP contribution in [0.1, 0.15) is 25.7 Å². The van der Waals surface area contributed by atoms with E-state index in [0.29, 0.717) is 19.0 Å². The van der Waals surface area contributed by atoms with E-state index in [9.17, 15) is 4.79 Å². The minimum absolute atomic E-state index is 0.0209. The minimum Gasteiger partial charge on any atom is -0.366 e. The number of aromatic nitrogens is 2. The number of hydrogen-bond donors (Lipinski definition) is 1. The number of amides is 1. The number of piperidine rings is 1. The van der Waals surface area contributed by atoms with E-state index in [-0.39, 0.29) is 18.6 Å². The molecule has 29 heavy (non-hydrogen) atoms. The normalized spacial score (nSPS) is 24.0. The molecule has 1 aromatic rings. The van der Waals surface area contributed by atoms with Gasteiger partial charge in [-0.05, 0) is 50.6 Å². The Bertz CT molecular complexity index is 688. The highest BCUT2D eigenvalue weighted by Crippen LogP contribution is 2.31. The molecular formula is C21H34N6O2. The molecule has 8 nitrogen and oxygen atoms in total. The Balaban J connectivity index is 1.23. The molecule has 1 aliphatic carbocycles. The molecule has 0 unspecified atom stereocenters. The van der Waals surface area contributed by atoms with Crippen molar-refractivity contribution in [1.29, 1.82) is 0 Å². The van der Waals surface area contributed by atoms with Gasteiger partial charge in [0.25, 0.3) is 0 Å². The van der Waals surface area contributed by atoms with Crippen LogP contribution in [-0.2, 0) is 9.53 Å². The first kappa shape index (κ1) is 20.3. The Hall–Kier alpha value is -1.93. The minimum atomic E-state index is -0.0209. The zero-order valence-electron chi connectivity index (χ0n) is 17.7. The second-order valence-electron chi connectivity index (χ2n) is 8.96. The van der Waals surface area contributed by atoms with Gasteiger partial charge in [0.2, 0.25) is 5.91 Å². The van der Waals surface area contributed by atoms with E-state index in [0.717, 1.165) is 24.1 Å². The molecule has 1 atom stereocenters. The highest BCUT2D eigenvalue weighted by atomic mass is 16.5. The Morgan fingerprint density at radius 1 is 1.14 bits per heavy atom. The molecular weight excluding hydrogens is 368 g/mol. The van der Waals surface area contributed by atoms with Crippen LogP contribution in [0.4, 0.5) is 11.6 Å². The average molecular weight is 403 g/mol. The van der Waals surface area contributed by atoms with Crippen LogP contribution in [-0.4, -0.2) is 91.7 Å². The number of nitrogens with zero attached hydrogens (tertiary/aromatic N) is 5. The van der Waals surface area contributed by atoms with Crippen molar-refractivity contribution in [3.05, 3.63) is 12.4 Å². The van der Waals surface area contributed by atoms with E-state index in [2.05, 4.69) is 20.2 Å². The number of likely N-dealkylation sites (tertiary alicyclic amines) is 1. The van der Waals surface area contributed by atoms with E-state index in [1.165, 1.54) is 45.3 Å². The lowest BCUT2D eigenvalue weighted by atomic mass is 9.95. The Labute approximate surface area is 173 Å². The molecule has 2 aliphatic heterocycles. The van der Waals surface area contributed by atoms with Crippen molar-refractivity contribution in [3.8, 4) is 0 Å². The Morgan fingerprint density at radius 2 is 1.90 bits per heavy atom. The molecule has 0 aromatic carbocycles. The number of hydrogen-bond acceptors (Lipinski definition) is 7. The molecule has 3 aliphatic rings. The third-order valence-electron chi connectivity index (χ3n) is 6.21. The Morgan fingerprint density at radius 3 is 2.62 bits per heavy atom. The maximum absolute atomic E-state index is 12.4. The summed E-state index contributed by atoms with van der Waals surface area (Å²) in [5, 5.41) is 3.31. The molecule has 0 bridgehead atoms. The summed E-state index contributed by atoms with van der Waals surface area (Å²) in [4.78, 5) is 27.7. The molecule has 8 heteroatoms. The van der Waals surface area contributed by atoms with Gasteiger partial charge in [-0.3, -0.25) is 9.78 Å². The number of carbonyl (C=O) groups is 1. The van der Waals surface area contributed by atoms with Crippen molar-refractivity contribution in [2.45, 2.75) is 31.8 Å². The molecule has 1 N–H and O–H groups in total. The fourth-order valence-electron chi connectivity index (χ4n) is 4.18. The molecule has 160 valence electrons. The molecule has 3 heterocycles. The largest absolute Gasteiger partial charge is 0.366 e. The molecule has 0 spiro atoms. The quantitative estimate of drug-likeness (QED) is 0.703. The first-order valence-electron chi connectivity index (χ1n) is 10.9. The molecule has 1 aromatic heterocycles. The number of rotatable bonds is 8. The summed E-state index contributed by atoms with van der Waals surface area (Å²) in [5.41, 5.74) is 0. The van der Waals surface area contributed by atoms with Gasteiger partial charge in [0.1, 0.15) is 18.2 Å². The van der Waals surface area contributed by atoms with Crippen LogP contribution in [0.15, 0.2) is 12.4 Å². The molecule has 3 fully saturated rings. The van der Waals surface area contributed by atoms with Crippen LogP contribution in [0, 0.1) is 11.8 Å². The first-order valence-corrected chi connectivity index (χ1v) is 10.9. The first-order chi connectivity index (χ1) is 14.1. The van der Waals surface area contributed by atoms with Crippen LogP contribution in [0.5, 0.6) is 0 Å². The van der Waals surface area contributed by atoms with Crippen LogP contribution in [0.2, 0.25) is 0 Å². The predicted octanol–water partition coefficient (Wildman–Crippen LogP) is 1.30. The highest BCUT2D eigenvalue weighted by molar-refractivity contribution is 5.78. The van der Waals surface area contributed by atoms with Crippen molar-refractivity contribution in [3.63, 3.8) is 0 Å². The standard InChI is InChI=1S/C21H34N6O2/c1-25(2)20-11-22-10-19(24-20)23-9-18-14-27(21(28)15-29-18)13-17-5-7-26(8-6-17)12-16-3-4-16/h10-11,16-18H,3-9,12-15H2,1-2H3,(H,23,24)/t18-/m0/s1. The maximum Gasteiger partial charge on any atom is 0.248 e. The highest BCUT2D eigenvalue weighted by Gasteiger charge is 2.31. The molecule has 2 saturated heterocycles. The summed E-state index contributed by atoms with van der Waals surface area (Å²) in [5.74, 6) is 3.24. The van der Waals surface area contributed by atoms with E-state index < -0.39 is 0 Å². The van der Waals surface area contributed by atoms with Gasteiger partial charge in [-0.1, -0.05) is 0 Å². The molecule has 1 saturated carbocycles. The van der Waals surface area contributed by atoms with Gasteiger partial charge in [0.15, 0.2) is 0 Å². The fraction of sp³-hybridized carbons (Fsp3) is 0.762. The van der Waals surface area contributed by atoms with Crippen molar-refractivity contribution >= 4 is 17.5 Å². The van der Waals surface area contributed by atoms with E-state index in [1.54, 1.807) is 12.4 Å². The average Bonchev–Trinajstić information content (AvgIpc) is 3.54. The molecule has 1 amide bonds. The smallest absolute Gasteiger partial charge is 0.248 e. The summed E-state index contributed by atoms with van der Waals surface area (Å²) in [6.45, 7) is 5.97. The second kappa shape index (κ2) is 9.26. The number of morpholine rings is 1. The topological polar surface area (TPSA) is 73.8 Å². The third-order valence-corrected chi connectivity index (χ3v) is 6.21. The van der Waals surface area contributed by atoms with Crippen molar-refractivity contribution in [1.82, 2.24) is 19.8 Å². The third kappa shape index (κ3) is 5.79. The van der Waals surface area contributed by atoms with E-state index in [1.807, 2.05) is 23.9 Å². The van der Waals surface area contributed by atoms with Gasteiger partial charge in [0, 0.05) is 40.3 Å². The summed E-state index contributed by atoms with van der Waals surface area (Å²) in [6, 6.07) is 0. The van der Waals surface area contributed by atoms with Gasteiger partial charge >= 0.3 is 0 Å². The number of nitrogens with one attached hydrogen (secondary N) is 1. The number of carbonyl (C=O) groups excluding carboxylic acids is 1. The fourth-order valence-corrected chi connectivity index (χ4v) is 4.18. The van der Waals surface area contributed by atoms with Crippen LogP contribution in [0.25, 0.3) is 0 Å². The molecule has 4 rings (SSSR count). The monoisotopic (exact) mass is 402 g/mol. The van der Waals surface area contributed by atoms with E-state index in [4.69, 9.17) is 4.74 Å². The maximum atomic E-state index is 12.4. The lowest BCUT2D eigenvalue weighted by Crippen LogP contribution is -2.51. The lowest BCUT2D eigenvalue weighted by Gasteiger charge is -2.38. The van der Waals surface area contributed by atoms with Crippen molar-refractivity contribution in [2.24, 2.45) is 11.8 Å². The predicted molar refractivity (Wildman–Crippen MR) is 113 cm³/mol. The zero-order chi connectivity index (χ0) is 20.2. The summed E-state index contributed by atoms with van der Waals surface area (Å²) in [6.07, 6.45) is 8.67. The van der Waals surface area contributed by atoms with Gasteiger partial charge < -0.3 is 24.8 Å². The lowest BCUT2D eigenvalue weighted by molar-refractivity contribution is -0.149. The van der Waals surface area contributed by atoms with Gasteiger partial charge in [0.05, 0.1) is 18.5 Å². The van der Waals surface area contributed by atoms with Crippen LogP contribution < -0.4 is 10.2 Å². The van der Waals surface area contributed by atoms with Crippen LogP contribution >= 0.6 is 0 Å². The number of anilines is 2.